The van der Waals surface area contributed by atoms with Crippen molar-refractivity contribution in [2.75, 3.05) is 21.3 Å². The first kappa shape index (κ1) is 13.2. The van der Waals surface area contributed by atoms with E-state index in [0.717, 1.165) is 6.42 Å². The maximum atomic E-state index is 10.5. The van der Waals surface area contributed by atoms with Gasteiger partial charge in [0.2, 0.25) is 0 Å². The molecule has 0 aromatic carbocycles. The van der Waals surface area contributed by atoms with Crippen molar-refractivity contribution in [3.05, 3.63) is 0 Å². The molecule has 1 saturated heterocycles. The summed E-state index contributed by atoms with van der Waals surface area (Å²) in [7, 11) is 4.89. The van der Waals surface area contributed by atoms with E-state index in [1.165, 1.54) is 0 Å². The van der Waals surface area contributed by atoms with Gasteiger partial charge in [-0.2, -0.15) is 0 Å². The van der Waals surface area contributed by atoms with Crippen molar-refractivity contribution in [1.82, 2.24) is 0 Å². The Morgan fingerprint density at radius 2 is 1.88 bits per heavy atom. The van der Waals surface area contributed by atoms with Crippen LogP contribution in [-0.2, 0) is 18.9 Å². The minimum atomic E-state index is -0.815. The zero-order chi connectivity index (χ0) is 12.6. The van der Waals surface area contributed by atoms with Crippen LogP contribution in [0.3, 0.4) is 0 Å². The lowest BCUT2D eigenvalue weighted by atomic mass is 9.82. The molecule has 0 amide bonds. The molecule has 0 aromatic heterocycles. The second-order valence-corrected chi connectivity index (χ2v) is 5.17. The summed E-state index contributed by atoms with van der Waals surface area (Å²) < 4.78 is 21.7. The van der Waals surface area contributed by atoms with Crippen LogP contribution < -0.4 is 0 Å². The van der Waals surface area contributed by atoms with Crippen molar-refractivity contribution in [1.29, 1.82) is 0 Å². The summed E-state index contributed by atoms with van der Waals surface area (Å²) in [5.74, 6) is 0.141. The molecule has 100 valence electrons. The average Bonchev–Trinajstić information content (AvgIpc) is 2.59. The van der Waals surface area contributed by atoms with E-state index in [2.05, 4.69) is 0 Å². The zero-order valence-electron chi connectivity index (χ0n) is 10.9. The molecule has 0 bridgehead atoms. The molecule has 6 atom stereocenters. The Hall–Kier alpha value is -0.200. The highest BCUT2D eigenvalue weighted by atomic mass is 16.8. The summed E-state index contributed by atoms with van der Waals surface area (Å²) in [6.45, 7) is 1.83. The molecule has 5 heteroatoms. The number of hydrogen-bond donors (Lipinski definition) is 1. The minimum absolute atomic E-state index is 0.0363. The Balaban J connectivity index is 2.22. The molecule has 1 aliphatic carbocycles. The van der Waals surface area contributed by atoms with E-state index in [1.54, 1.807) is 21.3 Å². The molecule has 17 heavy (non-hydrogen) atoms. The number of fused-ring (bicyclic) bond motifs is 1. The van der Waals surface area contributed by atoms with Gasteiger partial charge in [-0.3, -0.25) is 0 Å². The number of methoxy groups -OCH3 is 3. The van der Waals surface area contributed by atoms with Gasteiger partial charge < -0.3 is 24.1 Å². The molecule has 5 nitrogen and oxygen atoms in total. The van der Waals surface area contributed by atoms with Crippen molar-refractivity contribution in [3.63, 3.8) is 0 Å². The summed E-state index contributed by atoms with van der Waals surface area (Å²) >= 11 is 0. The molecule has 0 aromatic rings. The first-order chi connectivity index (χ1) is 8.03. The van der Waals surface area contributed by atoms with Gasteiger partial charge in [0.25, 0.3) is 0 Å². The van der Waals surface area contributed by atoms with E-state index in [1.807, 2.05) is 6.92 Å². The van der Waals surface area contributed by atoms with E-state index in [9.17, 15) is 5.11 Å². The number of rotatable bonds is 3. The molecule has 1 N–H and O–H groups in total. The van der Waals surface area contributed by atoms with Crippen molar-refractivity contribution in [2.24, 2.45) is 11.8 Å². The summed E-state index contributed by atoms with van der Waals surface area (Å²) in [5, 5.41) is 10.5. The monoisotopic (exact) mass is 246 g/mol. The lowest BCUT2D eigenvalue weighted by Crippen LogP contribution is -2.49. The minimum Gasteiger partial charge on any atom is -0.390 e. The van der Waals surface area contributed by atoms with Crippen LogP contribution in [0.1, 0.15) is 19.8 Å². The van der Waals surface area contributed by atoms with Gasteiger partial charge in [-0.25, -0.2) is 0 Å². The molecule has 2 rings (SSSR count). The van der Waals surface area contributed by atoms with Gasteiger partial charge >= 0.3 is 0 Å². The predicted octanol–water partition coefficient (Wildman–Crippen LogP) is 0.754. The van der Waals surface area contributed by atoms with Crippen molar-refractivity contribution in [2.45, 2.75) is 44.1 Å². The van der Waals surface area contributed by atoms with Gasteiger partial charge in [0.15, 0.2) is 12.6 Å². The zero-order valence-corrected chi connectivity index (χ0v) is 10.9. The first-order valence-electron chi connectivity index (χ1n) is 5.99. The van der Waals surface area contributed by atoms with Crippen LogP contribution in [0.5, 0.6) is 0 Å². The summed E-state index contributed by atoms with van der Waals surface area (Å²) in [6.07, 6.45) is 0.657. The molecule has 1 saturated carbocycles. The highest BCUT2D eigenvalue weighted by molar-refractivity contribution is 5.03. The van der Waals surface area contributed by atoms with Crippen molar-refractivity contribution in [3.8, 4) is 0 Å². The maximum Gasteiger partial charge on any atom is 0.166 e. The lowest BCUT2D eigenvalue weighted by molar-refractivity contribution is -0.301. The fourth-order valence-corrected chi connectivity index (χ4v) is 3.30. The summed E-state index contributed by atoms with van der Waals surface area (Å²) in [4.78, 5) is 0. The largest absolute Gasteiger partial charge is 0.390 e. The molecule has 0 unspecified atom stereocenters. The normalized spacial score (nSPS) is 50.3. The lowest BCUT2D eigenvalue weighted by Gasteiger charge is -2.41. The van der Waals surface area contributed by atoms with Crippen LogP contribution in [0, 0.1) is 11.8 Å². The molecule has 0 spiro atoms. The molecular formula is C12H22O5. The molecule has 2 aliphatic rings. The predicted molar refractivity (Wildman–Crippen MR) is 60.3 cm³/mol. The third-order valence-corrected chi connectivity index (χ3v) is 4.11. The Morgan fingerprint density at radius 1 is 1.18 bits per heavy atom. The van der Waals surface area contributed by atoms with E-state index in [4.69, 9.17) is 18.9 Å². The quantitative estimate of drug-likeness (QED) is 0.796. The van der Waals surface area contributed by atoms with E-state index in [-0.39, 0.29) is 24.2 Å². The smallest absolute Gasteiger partial charge is 0.166 e. The van der Waals surface area contributed by atoms with Crippen molar-refractivity contribution < 1.29 is 24.1 Å². The Labute approximate surface area is 102 Å². The van der Waals surface area contributed by atoms with Gasteiger partial charge in [-0.1, -0.05) is 0 Å². The number of ether oxygens (including phenoxy) is 4. The number of hydrogen-bond acceptors (Lipinski definition) is 5. The third kappa shape index (κ3) is 2.22. The van der Waals surface area contributed by atoms with Gasteiger partial charge in [0.1, 0.15) is 0 Å². The standard InChI is InChI=1S/C12H22O5/c1-12(13)6-8(14-2)7-5-9(15-3)17-11(16-4)10(7)12/h7-11,13H,5-6H2,1-4H3/t7-,8+,9+,10+,11+,12-/m0/s1. The van der Waals surface area contributed by atoms with Crippen LogP contribution in [-0.4, -0.2) is 50.7 Å². The highest BCUT2D eigenvalue weighted by Gasteiger charge is 2.57. The summed E-state index contributed by atoms with van der Waals surface area (Å²) in [6, 6.07) is 0. The fraction of sp³-hybridized carbons (Fsp3) is 1.00. The SMILES string of the molecule is CO[C@H]1C[C@@H]2[C@H]([C@H](OC)O1)[C@@](C)(O)C[C@H]2OC. The van der Waals surface area contributed by atoms with Crippen LogP contribution in [0.4, 0.5) is 0 Å². The van der Waals surface area contributed by atoms with Crippen LogP contribution in [0.25, 0.3) is 0 Å². The molecule has 1 aliphatic heterocycles. The second-order valence-electron chi connectivity index (χ2n) is 5.17. The van der Waals surface area contributed by atoms with Gasteiger partial charge in [-0.15, -0.1) is 0 Å². The van der Waals surface area contributed by atoms with Crippen LogP contribution >= 0.6 is 0 Å². The topological polar surface area (TPSA) is 57.2 Å². The Kier molecular flexibility index (Phi) is 3.75. The van der Waals surface area contributed by atoms with Gasteiger partial charge in [0.05, 0.1) is 11.7 Å². The molecule has 2 fully saturated rings. The highest BCUT2D eigenvalue weighted by Crippen LogP contribution is 2.49. The molecular weight excluding hydrogens is 224 g/mol. The summed E-state index contributed by atoms with van der Waals surface area (Å²) in [5.41, 5.74) is -0.815. The molecule has 1 heterocycles. The first-order valence-corrected chi connectivity index (χ1v) is 5.99. The maximum absolute atomic E-state index is 10.5. The van der Waals surface area contributed by atoms with Crippen LogP contribution in [0.15, 0.2) is 0 Å². The molecule has 0 radical (unpaired) electrons. The second kappa shape index (κ2) is 4.82. The average molecular weight is 246 g/mol. The van der Waals surface area contributed by atoms with E-state index >= 15 is 0 Å². The van der Waals surface area contributed by atoms with Gasteiger partial charge in [0, 0.05) is 46.0 Å². The Bertz CT molecular complexity index is 268. The van der Waals surface area contributed by atoms with E-state index in [0.29, 0.717) is 6.42 Å². The van der Waals surface area contributed by atoms with Gasteiger partial charge in [-0.05, 0) is 6.92 Å². The number of aliphatic hydroxyl groups is 1. The Morgan fingerprint density at radius 3 is 2.41 bits per heavy atom. The fourth-order valence-electron chi connectivity index (χ4n) is 3.30. The van der Waals surface area contributed by atoms with Crippen molar-refractivity contribution >= 4 is 0 Å². The third-order valence-electron chi connectivity index (χ3n) is 4.11. The van der Waals surface area contributed by atoms with Crippen LogP contribution in [0.2, 0.25) is 0 Å². The van der Waals surface area contributed by atoms with E-state index < -0.39 is 11.9 Å².